The van der Waals surface area contributed by atoms with Crippen molar-refractivity contribution in [1.29, 1.82) is 0 Å². The summed E-state index contributed by atoms with van der Waals surface area (Å²) >= 11 is 12.9. The first kappa shape index (κ1) is 28.2. The second-order valence-corrected chi connectivity index (χ2v) is 12.0. The summed E-state index contributed by atoms with van der Waals surface area (Å²) in [6.45, 7) is 12.2. The fraction of sp³-hybridized carbons (Fsp3) is 0.355. The third-order valence-corrected chi connectivity index (χ3v) is 7.58. The molecule has 0 unspecified atom stereocenters. The lowest BCUT2D eigenvalue weighted by Crippen LogP contribution is -2.39. The van der Waals surface area contributed by atoms with Crippen molar-refractivity contribution >= 4 is 46.8 Å². The Kier molecular flexibility index (Phi) is 7.98. The Labute approximate surface area is 244 Å². The first-order valence-corrected chi connectivity index (χ1v) is 14.3. The van der Waals surface area contributed by atoms with Gasteiger partial charge in [-0.1, -0.05) is 41.9 Å². The highest BCUT2D eigenvalue weighted by Gasteiger charge is 2.36. The van der Waals surface area contributed by atoms with Gasteiger partial charge in [0.1, 0.15) is 17.1 Å². The van der Waals surface area contributed by atoms with Crippen LogP contribution in [0, 0.1) is 5.82 Å². The number of aromatic nitrogens is 2. The van der Waals surface area contributed by atoms with Crippen molar-refractivity contribution in [2.45, 2.75) is 52.1 Å². The number of fused-ring (bicyclic) bond motifs is 1. The topological polar surface area (TPSA) is 50.6 Å². The smallest absolute Gasteiger partial charge is 0.414 e. The summed E-state index contributed by atoms with van der Waals surface area (Å²) in [4.78, 5) is 17.4. The molecule has 3 aromatic rings. The molecule has 6 nitrogen and oxygen atoms in total. The van der Waals surface area contributed by atoms with E-state index in [9.17, 15) is 9.18 Å². The lowest BCUT2D eigenvalue weighted by molar-refractivity contribution is 0.0351. The number of benzene rings is 2. The molecule has 0 spiro atoms. The number of nitrogens with zero attached hydrogens (tertiary/aromatic N) is 4. The molecule has 210 valence electrons. The summed E-state index contributed by atoms with van der Waals surface area (Å²) in [5, 5.41) is 6.00. The number of carbonyl (C=O) groups excluding carboxylic acids is 1. The molecule has 1 amide bonds. The first-order valence-electron chi connectivity index (χ1n) is 13.5. The van der Waals surface area contributed by atoms with E-state index in [2.05, 4.69) is 11.5 Å². The van der Waals surface area contributed by atoms with Gasteiger partial charge in [0, 0.05) is 30.2 Å². The quantitative estimate of drug-likeness (QED) is 0.312. The zero-order valence-corrected chi connectivity index (χ0v) is 24.5. The van der Waals surface area contributed by atoms with E-state index in [1.807, 2.05) is 32.9 Å². The molecule has 2 aliphatic heterocycles. The summed E-state index contributed by atoms with van der Waals surface area (Å²) in [6, 6.07) is 11.4. The minimum Gasteiger partial charge on any atom is -0.443 e. The number of rotatable bonds is 4. The van der Waals surface area contributed by atoms with E-state index in [1.165, 1.54) is 18.6 Å². The van der Waals surface area contributed by atoms with Gasteiger partial charge in [0.2, 0.25) is 0 Å². The van der Waals surface area contributed by atoms with Crippen LogP contribution in [-0.4, -0.2) is 50.9 Å². The van der Waals surface area contributed by atoms with E-state index in [1.54, 1.807) is 33.8 Å². The van der Waals surface area contributed by atoms with Crippen LogP contribution in [0.1, 0.15) is 62.5 Å². The maximum Gasteiger partial charge on any atom is 0.414 e. The number of amides is 1. The molecule has 5 rings (SSSR count). The Hall–Kier alpha value is -3.29. The minimum atomic E-state index is -0.689. The molecule has 1 saturated heterocycles. The van der Waals surface area contributed by atoms with Crippen LogP contribution in [0.25, 0.3) is 23.2 Å². The highest BCUT2D eigenvalue weighted by Crippen LogP contribution is 2.39. The van der Waals surface area contributed by atoms with Crippen LogP contribution in [0.5, 0.6) is 0 Å². The molecular weight excluding hydrogens is 550 g/mol. The van der Waals surface area contributed by atoms with Crippen molar-refractivity contribution in [3.05, 3.63) is 87.4 Å². The minimum absolute atomic E-state index is 0.339. The average molecular weight is 584 g/mol. The van der Waals surface area contributed by atoms with Crippen molar-refractivity contribution in [1.82, 2.24) is 19.6 Å². The third-order valence-electron chi connectivity index (χ3n) is 7.04. The molecule has 0 N–H and O–H groups in total. The van der Waals surface area contributed by atoms with Crippen molar-refractivity contribution in [2.24, 2.45) is 0 Å². The van der Waals surface area contributed by atoms with Gasteiger partial charge in [-0.2, -0.15) is 5.10 Å². The summed E-state index contributed by atoms with van der Waals surface area (Å²) < 4.78 is 21.3. The maximum atomic E-state index is 13.8. The summed E-state index contributed by atoms with van der Waals surface area (Å²) in [6.07, 6.45) is 5.34. The molecule has 1 fully saturated rings. The normalized spacial score (nSPS) is 16.7. The molecule has 0 saturated carbocycles. The van der Waals surface area contributed by atoms with E-state index < -0.39 is 11.7 Å². The van der Waals surface area contributed by atoms with E-state index in [0.29, 0.717) is 40.1 Å². The van der Waals surface area contributed by atoms with Crippen LogP contribution in [0.4, 0.5) is 9.18 Å². The van der Waals surface area contributed by atoms with Crippen molar-refractivity contribution in [2.75, 3.05) is 19.6 Å². The SMILES string of the molecule is C=C(c1nn(-c2ccc(Cl)cc2Cl)c2c1CCN(C(=O)OC(C)(C)C)/C2=C\c1ccc(F)cc1)N1CCCCC1. The first-order chi connectivity index (χ1) is 19.0. The number of hydrogen-bond donors (Lipinski definition) is 0. The number of hydrogen-bond acceptors (Lipinski definition) is 4. The van der Waals surface area contributed by atoms with E-state index in [-0.39, 0.29) is 5.82 Å². The fourth-order valence-corrected chi connectivity index (χ4v) is 5.65. The summed E-state index contributed by atoms with van der Waals surface area (Å²) in [5.74, 6) is -0.339. The predicted octanol–water partition coefficient (Wildman–Crippen LogP) is 8.07. The number of halogens is 3. The van der Waals surface area contributed by atoms with E-state index in [4.69, 9.17) is 33.0 Å². The van der Waals surface area contributed by atoms with Crippen LogP contribution in [0.15, 0.2) is 49.0 Å². The molecule has 2 aromatic carbocycles. The van der Waals surface area contributed by atoms with Gasteiger partial charge in [-0.05, 0) is 88.4 Å². The number of ether oxygens (including phenoxy) is 1. The van der Waals surface area contributed by atoms with Gasteiger partial charge in [-0.25, -0.2) is 13.9 Å². The van der Waals surface area contributed by atoms with Crippen LogP contribution in [-0.2, 0) is 11.2 Å². The predicted molar refractivity (Wildman–Crippen MR) is 159 cm³/mol. The molecule has 3 heterocycles. The zero-order valence-electron chi connectivity index (χ0n) is 23.0. The third kappa shape index (κ3) is 5.91. The molecule has 0 radical (unpaired) electrons. The van der Waals surface area contributed by atoms with E-state index >= 15 is 0 Å². The van der Waals surface area contributed by atoms with Crippen LogP contribution >= 0.6 is 23.2 Å². The molecular formula is C31H33Cl2FN4O2. The van der Waals surface area contributed by atoms with Crippen molar-refractivity contribution in [3.63, 3.8) is 0 Å². The summed E-state index contributed by atoms with van der Waals surface area (Å²) in [7, 11) is 0. The average Bonchev–Trinajstić information content (AvgIpc) is 3.29. The Morgan fingerprint density at radius 2 is 1.75 bits per heavy atom. The standard InChI is InChI=1S/C31H33Cl2FN4O2/c1-20(36-15-6-5-7-16-36)28-24-14-17-37(30(39)40-31(2,3)4)27(18-21-8-11-23(34)12-9-21)29(24)38(35-28)26-13-10-22(32)19-25(26)33/h8-13,18-19H,1,5-7,14-17H2,2-4H3/b27-18-. The van der Waals surface area contributed by atoms with Crippen LogP contribution < -0.4 is 0 Å². The van der Waals surface area contributed by atoms with Gasteiger partial charge in [-0.3, -0.25) is 4.90 Å². The largest absolute Gasteiger partial charge is 0.443 e. The highest BCUT2D eigenvalue weighted by molar-refractivity contribution is 6.35. The molecule has 40 heavy (non-hydrogen) atoms. The Morgan fingerprint density at radius 1 is 1.05 bits per heavy atom. The van der Waals surface area contributed by atoms with Gasteiger partial charge in [0.25, 0.3) is 0 Å². The number of piperidine rings is 1. The number of likely N-dealkylation sites (tertiary alicyclic amines) is 1. The number of carbonyl (C=O) groups is 1. The Bertz CT molecular complexity index is 1470. The van der Waals surface area contributed by atoms with Crippen LogP contribution in [0.3, 0.4) is 0 Å². The molecule has 0 atom stereocenters. The fourth-order valence-electron chi connectivity index (χ4n) is 5.16. The molecule has 0 bridgehead atoms. The van der Waals surface area contributed by atoms with Gasteiger partial charge >= 0.3 is 6.09 Å². The van der Waals surface area contributed by atoms with Gasteiger partial charge in [0.15, 0.2) is 0 Å². The van der Waals surface area contributed by atoms with Gasteiger partial charge in [-0.15, -0.1) is 0 Å². The maximum absolute atomic E-state index is 13.8. The molecule has 9 heteroatoms. The molecule has 0 aliphatic carbocycles. The zero-order chi connectivity index (χ0) is 28.6. The lowest BCUT2D eigenvalue weighted by atomic mass is 9.97. The summed E-state index contributed by atoms with van der Waals surface area (Å²) in [5.41, 5.74) is 4.54. The van der Waals surface area contributed by atoms with Crippen LogP contribution in [0.2, 0.25) is 10.0 Å². The highest BCUT2D eigenvalue weighted by atomic mass is 35.5. The second kappa shape index (κ2) is 11.3. The monoisotopic (exact) mass is 582 g/mol. The van der Waals surface area contributed by atoms with Gasteiger partial charge in [0.05, 0.1) is 27.8 Å². The molecule has 2 aliphatic rings. The Balaban J connectivity index is 1.73. The van der Waals surface area contributed by atoms with Crippen molar-refractivity contribution in [3.8, 4) is 5.69 Å². The lowest BCUT2D eigenvalue weighted by Gasteiger charge is -2.33. The Morgan fingerprint density at radius 3 is 2.40 bits per heavy atom. The van der Waals surface area contributed by atoms with E-state index in [0.717, 1.165) is 48.4 Å². The second-order valence-electron chi connectivity index (χ2n) is 11.1. The van der Waals surface area contributed by atoms with Crippen molar-refractivity contribution < 1.29 is 13.9 Å². The molecule has 1 aromatic heterocycles. The van der Waals surface area contributed by atoms with Gasteiger partial charge < -0.3 is 9.64 Å².